The second-order valence-electron chi connectivity index (χ2n) is 7.74. The van der Waals surface area contributed by atoms with Crippen LogP contribution in [-0.2, 0) is 21.3 Å². The molecule has 11 heteroatoms. The summed E-state index contributed by atoms with van der Waals surface area (Å²) in [5.41, 5.74) is 1.60. The molecule has 1 aromatic heterocycles. The first-order valence-corrected chi connectivity index (χ1v) is 13.8. The third kappa shape index (κ3) is 5.99. The summed E-state index contributed by atoms with van der Waals surface area (Å²) in [6.07, 6.45) is 1.68. The fraction of sp³-hybridized carbons (Fsp3) is 0.115. The lowest BCUT2D eigenvalue weighted by Crippen LogP contribution is -2.16. The Morgan fingerprint density at radius 2 is 1.86 bits per heavy atom. The quantitative estimate of drug-likeness (QED) is 0.236. The number of aromatic nitrogens is 1. The number of hydrogen-bond donors (Lipinski definition) is 1. The van der Waals surface area contributed by atoms with Crippen LogP contribution in [0.15, 0.2) is 89.3 Å². The van der Waals surface area contributed by atoms with E-state index >= 15 is 0 Å². The van der Waals surface area contributed by atoms with Crippen LogP contribution >= 0.6 is 22.9 Å². The highest BCUT2D eigenvalue weighted by Crippen LogP contribution is 2.22. The highest BCUT2D eigenvalue weighted by atomic mass is 35.5. The van der Waals surface area contributed by atoms with Crippen molar-refractivity contribution in [3.05, 3.63) is 100 Å². The van der Waals surface area contributed by atoms with Crippen LogP contribution in [0.1, 0.15) is 27.6 Å². The zero-order chi connectivity index (χ0) is 26.6. The van der Waals surface area contributed by atoms with Crippen molar-refractivity contribution >= 4 is 60.7 Å². The molecule has 0 bridgehead atoms. The maximum atomic E-state index is 13.1. The predicted molar refractivity (Wildman–Crippen MR) is 145 cm³/mol. The van der Waals surface area contributed by atoms with Crippen molar-refractivity contribution in [1.29, 1.82) is 0 Å². The molecule has 0 fully saturated rings. The molecule has 0 spiro atoms. The topological polar surface area (TPSA) is 107 Å². The highest BCUT2D eigenvalue weighted by molar-refractivity contribution is 7.92. The van der Waals surface area contributed by atoms with E-state index < -0.39 is 21.9 Å². The molecule has 0 unspecified atom stereocenters. The maximum Gasteiger partial charge on any atom is 0.338 e. The van der Waals surface area contributed by atoms with Gasteiger partial charge in [0.2, 0.25) is 0 Å². The van der Waals surface area contributed by atoms with Crippen molar-refractivity contribution in [2.24, 2.45) is 4.99 Å². The first-order valence-electron chi connectivity index (χ1n) is 11.1. The second-order valence-corrected chi connectivity index (χ2v) is 10.9. The number of benzene rings is 3. The third-order valence-corrected chi connectivity index (χ3v) is 7.88. The fourth-order valence-corrected chi connectivity index (χ4v) is 5.75. The lowest BCUT2D eigenvalue weighted by molar-refractivity contribution is 0.0526. The lowest BCUT2D eigenvalue weighted by atomic mass is 10.2. The van der Waals surface area contributed by atoms with Gasteiger partial charge in [0.15, 0.2) is 4.80 Å². The number of allylic oxidation sites excluding steroid dienone is 1. The zero-order valence-corrected chi connectivity index (χ0v) is 22.1. The number of halogens is 1. The second kappa shape index (κ2) is 11.1. The van der Waals surface area contributed by atoms with E-state index in [-0.39, 0.29) is 22.8 Å². The van der Waals surface area contributed by atoms with Gasteiger partial charge >= 0.3 is 5.97 Å². The van der Waals surface area contributed by atoms with E-state index in [0.717, 1.165) is 10.2 Å². The highest BCUT2D eigenvalue weighted by Gasteiger charge is 2.16. The Morgan fingerprint density at radius 3 is 2.57 bits per heavy atom. The Balaban J connectivity index is 1.67. The minimum Gasteiger partial charge on any atom is -0.462 e. The number of carbonyl (C=O) groups excluding carboxylic acids is 2. The SMILES string of the molecule is C=CCn1c(=NC(=O)c2cccc(NS(=O)(=O)c3ccc(Cl)cc3)c2)sc2cc(C(=O)OCC)ccc21. The first-order chi connectivity index (χ1) is 17.7. The Morgan fingerprint density at radius 1 is 1.11 bits per heavy atom. The van der Waals surface area contributed by atoms with Gasteiger partial charge in [-0.2, -0.15) is 4.99 Å². The number of hydrogen-bond acceptors (Lipinski definition) is 6. The Hall–Kier alpha value is -3.73. The minimum atomic E-state index is -3.88. The summed E-state index contributed by atoms with van der Waals surface area (Å²) >= 11 is 7.09. The smallest absolute Gasteiger partial charge is 0.338 e. The molecule has 0 aliphatic rings. The predicted octanol–water partition coefficient (Wildman–Crippen LogP) is 5.26. The number of thiazole rings is 1. The molecule has 37 heavy (non-hydrogen) atoms. The van der Waals surface area contributed by atoms with Gasteiger partial charge in [0.1, 0.15) is 0 Å². The van der Waals surface area contributed by atoms with Crippen LogP contribution < -0.4 is 9.52 Å². The van der Waals surface area contributed by atoms with E-state index in [1.54, 1.807) is 49.4 Å². The number of fused-ring (bicyclic) bond motifs is 1. The Labute approximate surface area is 222 Å². The molecule has 4 aromatic rings. The monoisotopic (exact) mass is 555 g/mol. The molecule has 0 saturated heterocycles. The molecule has 1 amide bonds. The summed E-state index contributed by atoms with van der Waals surface area (Å²) < 4.78 is 35.5. The van der Waals surface area contributed by atoms with Crippen molar-refractivity contribution in [1.82, 2.24) is 4.57 Å². The van der Waals surface area contributed by atoms with Gasteiger partial charge in [-0.15, -0.1) is 6.58 Å². The molecule has 190 valence electrons. The third-order valence-electron chi connectivity index (χ3n) is 5.19. The molecule has 1 N–H and O–H groups in total. The van der Waals surface area contributed by atoms with Gasteiger partial charge in [-0.05, 0) is 67.6 Å². The maximum absolute atomic E-state index is 13.1. The van der Waals surface area contributed by atoms with Gasteiger partial charge in [0, 0.05) is 22.8 Å². The van der Waals surface area contributed by atoms with Crippen molar-refractivity contribution in [3.63, 3.8) is 0 Å². The van der Waals surface area contributed by atoms with E-state index in [1.807, 2.05) is 4.57 Å². The van der Waals surface area contributed by atoms with Gasteiger partial charge in [0.25, 0.3) is 15.9 Å². The van der Waals surface area contributed by atoms with Gasteiger partial charge in [-0.3, -0.25) is 9.52 Å². The van der Waals surface area contributed by atoms with Crippen molar-refractivity contribution in [2.45, 2.75) is 18.4 Å². The molecule has 0 aliphatic heterocycles. The number of nitrogens with one attached hydrogen (secondary N) is 1. The van der Waals surface area contributed by atoms with Crippen LogP contribution in [0.25, 0.3) is 10.2 Å². The van der Waals surface area contributed by atoms with Crippen LogP contribution in [0.4, 0.5) is 5.69 Å². The number of anilines is 1. The Bertz CT molecular complexity index is 1670. The van der Waals surface area contributed by atoms with Gasteiger partial charge in [0.05, 0.1) is 27.3 Å². The summed E-state index contributed by atoms with van der Waals surface area (Å²) in [5.74, 6) is -0.983. The molecule has 0 aliphatic carbocycles. The average molecular weight is 556 g/mol. The molecular weight excluding hydrogens is 534 g/mol. The summed E-state index contributed by atoms with van der Waals surface area (Å²) in [7, 11) is -3.88. The summed E-state index contributed by atoms with van der Waals surface area (Å²) in [4.78, 5) is 29.9. The molecule has 0 saturated carbocycles. The largest absolute Gasteiger partial charge is 0.462 e. The van der Waals surface area contributed by atoms with E-state index in [4.69, 9.17) is 16.3 Å². The van der Waals surface area contributed by atoms with Crippen molar-refractivity contribution in [2.75, 3.05) is 11.3 Å². The number of ether oxygens (including phenoxy) is 1. The van der Waals surface area contributed by atoms with Crippen LogP contribution in [0, 0.1) is 0 Å². The molecular formula is C26H22ClN3O5S2. The van der Waals surface area contributed by atoms with Gasteiger partial charge in [-0.25, -0.2) is 13.2 Å². The Kier molecular flexibility index (Phi) is 7.91. The molecule has 0 atom stereocenters. The number of esters is 1. The lowest BCUT2D eigenvalue weighted by Gasteiger charge is -2.09. The van der Waals surface area contributed by atoms with Crippen LogP contribution in [-0.4, -0.2) is 31.5 Å². The van der Waals surface area contributed by atoms with E-state index in [0.29, 0.717) is 21.9 Å². The average Bonchev–Trinajstić information content (AvgIpc) is 3.20. The number of sulfonamides is 1. The number of nitrogens with zero attached hydrogens (tertiary/aromatic N) is 2. The summed E-state index contributed by atoms with van der Waals surface area (Å²) in [5, 5.41) is 0.417. The molecule has 3 aromatic carbocycles. The molecule has 0 radical (unpaired) electrons. The standard InChI is InChI=1S/C26H22ClN3O5S2/c1-3-14-30-22-13-8-18(25(32)35-4-2)16-23(22)36-26(30)28-24(31)17-6-5-7-20(15-17)29-37(33,34)21-11-9-19(27)10-12-21/h3,5-13,15-16,29H,1,4,14H2,2H3. The first kappa shape index (κ1) is 26.3. The van der Waals surface area contributed by atoms with Crippen molar-refractivity contribution < 1.29 is 22.7 Å². The van der Waals surface area contributed by atoms with E-state index in [1.165, 1.54) is 41.7 Å². The van der Waals surface area contributed by atoms with Crippen LogP contribution in [0.5, 0.6) is 0 Å². The minimum absolute atomic E-state index is 0.0382. The summed E-state index contributed by atoms with van der Waals surface area (Å²) in [6.45, 7) is 6.17. The van der Waals surface area contributed by atoms with Gasteiger partial charge < -0.3 is 9.30 Å². The van der Waals surface area contributed by atoms with E-state index in [9.17, 15) is 18.0 Å². The fourth-order valence-electron chi connectivity index (χ4n) is 3.50. The van der Waals surface area contributed by atoms with E-state index in [2.05, 4.69) is 16.3 Å². The molecule has 4 rings (SSSR count). The van der Waals surface area contributed by atoms with Gasteiger partial charge in [-0.1, -0.05) is 35.1 Å². The normalized spacial score (nSPS) is 11.9. The number of rotatable bonds is 8. The van der Waals surface area contributed by atoms with Crippen LogP contribution in [0.2, 0.25) is 5.02 Å². The molecule has 1 heterocycles. The van der Waals surface area contributed by atoms with Crippen LogP contribution in [0.3, 0.4) is 0 Å². The summed E-state index contributed by atoms with van der Waals surface area (Å²) in [6, 6.07) is 17.0. The number of amides is 1. The number of carbonyl (C=O) groups is 2. The molecule has 8 nitrogen and oxygen atoms in total. The zero-order valence-electron chi connectivity index (χ0n) is 19.7. The van der Waals surface area contributed by atoms with Crippen molar-refractivity contribution in [3.8, 4) is 0 Å².